The van der Waals surface area contributed by atoms with Crippen molar-refractivity contribution in [2.75, 3.05) is 20.3 Å². The molecule has 3 N–H and O–H groups in total. The van der Waals surface area contributed by atoms with Crippen molar-refractivity contribution in [3.8, 4) is 16.9 Å². The molecule has 3 aromatic carbocycles. The molecular formula is C29H28N2O7. The molecule has 38 heavy (non-hydrogen) atoms. The molecule has 3 atom stereocenters. The molecule has 3 aromatic rings. The molecular weight excluding hydrogens is 488 g/mol. The minimum atomic E-state index is -1.27. The fourth-order valence-electron chi connectivity index (χ4n) is 5.26. The average Bonchev–Trinajstić information content (AvgIpc) is 3.40. The fraction of sp³-hybridized carbons (Fsp3) is 0.276. The van der Waals surface area contributed by atoms with Crippen LogP contribution in [-0.4, -0.2) is 71.5 Å². The minimum Gasteiger partial charge on any atom is -0.508 e. The molecule has 2 amide bonds. The smallest absolute Gasteiger partial charge is 0.407 e. The van der Waals surface area contributed by atoms with Gasteiger partial charge in [0.2, 0.25) is 5.91 Å². The molecule has 0 bridgehead atoms. The van der Waals surface area contributed by atoms with E-state index in [1.807, 2.05) is 48.5 Å². The number of carbonyl (C=O) groups excluding carboxylic acids is 3. The molecule has 0 radical (unpaired) electrons. The molecule has 0 unspecified atom stereocenters. The SMILES string of the molecule is COC(=O)[C@H](Cc1ccc(O)cc1)N1C[C@@H](O)[C@H](NC(=O)OCC2c3ccccc3-c3ccccc32)C1=O. The first-order chi connectivity index (χ1) is 18.4. The number of aliphatic hydroxyl groups is 1. The summed E-state index contributed by atoms with van der Waals surface area (Å²) in [5.74, 6) is -1.34. The number of nitrogens with one attached hydrogen (secondary N) is 1. The Morgan fingerprint density at radius 3 is 2.21 bits per heavy atom. The zero-order valence-electron chi connectivity index (χ0n) is 20.7. The quantitative estimate of drug-likeness (QED) is 0.412. The predicted octanol–water partition coefficient (Wildman–Crippen LogP) is 2.59. The summed E-state index contributed by atoms with van der Waals surface area (Å²) < 4.78 is 10.4. The normalized spacial score (nSPS) is 19.0. The number of phenols is 1. The molecule has 1 aliphatic carbocycles. The Labute approximate surface area is 219 Å². The molecule has 0 saturated carbocycles. The highest BCUT2D eigenvalue weighted by atomic mass is 16.5. The average molecular weight is 517 g/mol. The van der Waals surface area contributed by atoms with E-state index in [2.05, 4.69) is 5.32 Å². The third-order valence-corrected chi connectivity index (χ3v) is 7.15. The number of β-amino-alcohol motifs (C(OH)–C–C–N with tert-alkyl or cyclic N) is 1. The highest BCUT2D eigenvalue weighted by molar-refractivity contribution is 5.92. The molecule has 5 rings (SSSR count). The summed E-state index contributed by atoms with van der Waals surface area (Å²) in [6.45, 7) is -0.1000. The van der Waals surface area contributed by atoms with Crippen LogP contribution in [0.15, 0.2) is 72.8 Å². The molecule has 1 fully saturated rings. The number of hydrogen-bond acceptors (Lipinski definition) is 7. The maximum Gasteiger partial charge on any atom is 0.407 e. The van der Waals surface area contributed by atoms with Crippen LogP contribution in [0, 0.1) is 0 Å². The van der Waals surface area contributed by atoms with Gasteiger partial charge in [-0.2, -0.15) is 0 Å². The lowest BCUT2D eigenvalue weighted by Gasteiger charge is -2.26. The summed E-state index contributed by atoms with van der Waals surface area (Å²) in [6.07, 6.45) is -1.96. The molecule has 1 aliphatic heterocycles. The number of carbonyl (C=O) groups is 3. The number of amides is 2. The number of esters is 1. The molecule has 1 heterocycles. The molecule has 0 spiro atoms. The zero-order valence-corrected chi connectivity index (χ0v) is 20.7. The van der Waals surface area contributed by atoms with Gasteiger partial charge in [-0.3, -0.25) is 4.79 Å². The van der Waals surface area contributed by atoms with Crippen LogP contribution < -0.4 is 5.32 Å². The largest absolute Gasteiger partial charge is 0.508 e. The number of likely N-dealkylation sites (tertiary alicyclic amines) is 1. The molecule has 2 aliphatic rings. The Kier molecular flexibility index (Phi) is 7.02. The lowest BCUT2D eigenvalue weighted by atomic mass is 9.98. The maximum atomic E-state index is 13.2. The van der Waals surface area contributed by atoms with E-state index in [0.717, 1.165) is 22.3 Å². The second-order valence-corrected chi connectivity index (χ2v) is 9.42. The van der Waals surface area contributed by atoms with Crippen molar-refractivity contribution in [2.24, 2.45) is 0 Å². The van der Waals surface area contributed by atoms with Crippen LogP contribution in [0.4, 0.5) is 4.79 Å². The van der Waals surface area contributed by atoms with Gasteiger partial charge >= 0.3 is 12.1 Å². The summed E-state index contributed by atoms with van der Waals surface area (Å²) >= 11 is 0. The highest BCUT2D eigenvalue weighted by Gasteiger charge is 2.46. The molecule has 0 aromatic heterocycles. The van der Waals surface area contributed by atoms with Crippen molar-refractivity contribution in [3.05, 3.63) is 89.5 Å². The van der Waals surface area contributed by atoms with Gasteiger partial charge in [0.15, 0.2) is 0 Å². The van der Waals surface area contributed by atoms with Gasteiger partial charge in [0, 0.05) is 12.3 Å². The Bertz CT molecular complexity index is 1310. The van der Waals surface area contributed by atoms with E-state index in [0.29, 0.717) is 5.56 Å². The predicted molar refractivity (Wildman–Crippen MR) is 137 cm³/mol. The van der Waals surface area contributed by atoms with Crippen LogP contribution >= 0.6 is 0 Å². The second kappa shape index (κ2) is 10.5. The Morgan fingerprint density at radius 1 is 1.00 bits per heavy atom. The summed E-state index contributed by atoms with van der Waals surface area (Å²) in [4.78, 5) is 39.7. The lowest BCUT2D eigenvalue weighted by Crippen LogP contribution is -2.49. The van der Waals surface area contributed by atoms with Crippen LogP contribution in [0.25, 0.3) is 11.1 Å². The van der Waals surface area contributed by atoms with Crippen LogP contribution in [0.1, 0.15) is 22.6 Å². The number of benzene rings is 3. The van der Waals surface area contributed by atoms with E-state index in [-0.39, 0.29) is 31.2 Å². The molecule has 9 nitrogen and oxygen atoms in total. The van der Waals surface area contributed by atoms with E-state index in [9.17, 15) is 24.6 Å². The van der Waals surface area contributed by atoms with Crippen LogP contribution in [0.3, 0.4) is 0 Å². The number of nitrogens with zero attached hydrogens (tertiary/aromatic N) is 1. The zero-order chi connectivity index (χ0) is 26.8. The van der Waals surface area contributed by atoms with E-state index < -0.39 is 36.2 Å². The standard InChI is InChI=1S/C29H28N2O7/c1-37-28(35)24(14-17-10-12-18(32)13-11-17)31-15-25(33)26(27(31)34)30-29(36)38-16-23-21-8-4-2-6-19(21)20-7-3-5-9-22(20)23/h2-13,23-26,32-33H,14-16H2,1H3,(H,30,36)/t24-,25+,26-/m0/s1. The number of alkyl carbamates (subject to hydrolysis) is 1. The van der Waals surface area contributed by atoms with Gasteiger partial charge < -0.3 is 29.9 Å². The van der Waals surface area contributed by atoms with Gasteiger partial charge in [0.25, 0.3) is 0 Å². The van der Waals surface area contributed by atoms with Gasteiger partial charge in [-0.1, -0.05) is 60.7 Å². The first kappa shape index (κ1) is 25.3. The lowest BCUT2D eigenvalue weighted by molar-refractivity contribution is -0.151. The van der Waals surface area contributed by atoms with Crippen LogP contribution in [-0.2, 0) is 25.5 Å². The Morgan fingerprint density at radius 2 is 1.61 bits per heavy atom. The number of methoxy groups -OCH3 is 1. The number of ether oxygens (including phenoxy) is 2. The highest BCUT2D eigenvalue weighted by Crippen LogP contribution is 2.44. The first-order valence-electron chi connectivity index (χ1n) is 12.3. The minimum absolute atomic E-state index is 0.0617. The fourth-order valence-corrected chi connectivity index (χ4v) is 5.26. The summed E-state index contributed by atoms with van der Waals surface area (Å²) in [5, 5.41) is 22.6. The third-order valence-electron chi connectivity index (χ3n) is 7.15. The monoisotopic (exact) mass is 516 g/mol. The van der Waals surface area contributed by atoms with E-state index in [1.165, 1.54) is 24.1 Å². The van der Waals surface area contributed by atoms with E-state index in [1.54, 1.807) is 12.1 Å². The van der Waals surface area contributed by atoms with Gasteiger partial charge in [0.1, 0.15) is 30.5 Å². The summed E-state index contributed by atoms with van der Waals surface area (Å²) in [6, 6.07) is 19.8. The van der Waals surface area contributed by atoms with Gasteiger partial charge in [0.05, 0.1) is 13.7 Å². The number of aliphatic hydroxyl groups excluding tert-OH is 1. The molecule has 9 heteroatoms. The molecule has 196 valence electrons. The second-order valence-electron chi connectivity index (χ2n) is 9.42. The van der Waals surface area contributed by atoms with Gasteiger partial charge in [-0.15, -0.1) is 0 Å². The van der Waals surface area contributed by atoms with Crippen molar-refractivity contribution < 1.29 is 34.1 Å². The third kappa shape index (κ3) is 4.80. The molecule has 1 saturated heterocycles. The van der Waals surface area contributed by atoms with Gasteiger partial charge in [-0.05, 0) is 39.9 Å². The van der Waals surface area contributed by atoms with Crippen molar-refractivity contribution >= 4 is 18.0 Å². The number of rotatable bonds is 7. The van der Waals surface area contributed by atoms with E-state index in [4.69, 9.17) is 9.47 Å². The number of hydrogen-bond donors (Lipinski definition) is 3. The number of phenolic OH excluding ortho intramolecular Hbond substituents is 1. The Hall–Kier alpha value is -4.37. The van der Waals surface area contributed by atoms with Crippen LogP contribution in [0.2, 0.25) is 0 Å². The van der Waals surface area contributed by atoms with Gasteiger partial charge in [-0.25, -0.2) is 9.59 Å². The maximum absolute atomic E-state index is 13.2. The topological polar surface area (TPSA) is 125 Å². The van der Waals surface area contributed by atoms with E-state index >= 15 is 0 Å². The van der Waals surface area contributed by atoms with Crippen LogP contribution in [0.5, 0.6) is 5.75 Å². The number of aromatic hydroxyl groups is 1. The van der Waals surface area contributed by atoms with Crippen molar-refractivity contribution in [1.82, 2.24) is 10.2 Å². The number of fused-ring (bicyclic) bond motifs is 3. The summed E-state index contributed by atoms with van der Waals surface area (Å²) in [5.41, 5.74) is 4.99. The summed E-state index contributed by atoms with van der Waals surface area (Å²) in [7, 11) is 1.22. The first-order valence-corrected chi connectivity index (χ1v) is 12.3. The van der Waals surface area contributed by atoms with Crippen molar-refractivity contribution in [2.45, 2.75) is 30.5 Å². The van der Waals surface area contributed by atoms with Crippen molar-refractivity contribution in [3.63, 3.8) is 0 Å². The van der Waals surface area contributed by atoms with Crippen molar-refractivity contribution in [1.29, 1.82) is 0 Å². The Balaban J connectivity index is 1.25.